The minimum Gasteiger partial charge on any atom is -0.507 e. The Morgan fingerprint density at radius 1 is 1.12 bits per heavy atom. The second-order valence-corrected chi connectivity index (χ2v) is 7.68. The summed E-state index contributed by atoms with van der Waals surface area (Å²) < 4.78 is 10.7. The van der Waals surface area contributed by atoms with E-state index in [1.54, 1.807) is 60.9 Å². The van der Waals surface area contributed by atoms with Crippen molar-refractivity contribution in [3.63, 3.8) is 0 Å². The molecule has 1 aromatic heterocycles. The number of nitrogens with zero attached hydrogens (tertiary/aromatic N) is 2. The van der Waals surface area contributed by atoms with Gasteiger partial charge in [0.05, 0.1) is 25.3 Å². The summed E-state index contributed by atoms with van der Waals surface area (Å²) in [6.45, 7) is 2.46. The fourth-order valence-corrected chi connectivity index (χ4v) is 3.97. The number of ketones is 1. The van der Waals surface area contributed by atoms with E-state index in [9.17, 15) is 19.8 Å². The molecule has 34 heavy (non-hydrogen) atoms. The number of aliphatic hydroxyl groups excluding tert-OH is 1. The summed E-state index contributed by atoms with van der Waals surface area (Å²) >= 11 is 0. The predicted molar refractivity (Wildman–Crippen MR) is 124 cm³/mol. The van der Waals surface area contributed by atoms with Gasteiger partial charge in [-0.05, 0) is 60.5 Å². The number of Topliss-reactive ketones (excluding diaryl/α,β-unsaturated/α-hetero) is 1. The number of amides is 1. The van der Waals surface area contributed by atoms with Crippen LogP contribution >= 0.6 is 0 Å². The van der Waals surface area contributed by atoms with Crippen LogP contribution in [0.15, 0.2) is 72.6 Å². The molecular formula is C26H24N2O6. The summed E-state index contributed by atoms with van der Waals surface area (Å²) in [6, 6.07) is 13.8. The zero-order valence-corrected chi connectivity index (χ0v) is 18.8. The van der Waals surface area contributed by atoms with E-state index in [-0.39, 0.29) is 29.4 Å². The molecule has 0 bridgehead atoms. The Morgan fingerprint density at radius 2 is 1.88 bits per heavy atom. The number of likely N-dealkylation sites (tertiary alicyclic amines) is 1. The van der Waals surface area contributed by atoms with E-state index < -0.39 is 17.7 Å². The molecule has 3 aromatic rings. The molecule has 8 nitrogen and oxygen atoms in total. The molecule has 0 radical (unpaired) electrons. The number of carbonyl (C=O) groups is 2. The second kappa shape index (κ2) is 9.66. The third-order valence-corrected chi connectivity index (χ3v) is 5.57. The zero-order chi connectivity index (χ0) is 24.2. The minimum absolute atomic E-state index is 0.0502. The van der Waals surface area contributed by atoms with Gasteiger partial charge in [0.25, 0.3) is 11.7 Å². The van der Waals surface area contributed by atoms with Gasteiger partial charge in [-0.3, -0.25) is 14.6 Å². The van der Waals surface area contributed by atoms with Crippen molar-refractivity contribution in [2.75, 3.05) is 13.7 Å². The standard InChI is InChI=1S/C26H24N2O6/c1-3-34-19-9-6-17(7-10-19)24(30)22-23(18-8-11-20(29)21(13-18)33-2)28(26(32)25(22)31)15-16-5-4-12-27-14-16/h4-14,23,29-30H,3,15H2,1-2H3/b24-22-. The lowest BCUT2D eigenvalue weighted by atomic mass is 9.95. The number of aromatic hydroxyl groups is 1. The molecule has 1 aliphatic heterocycles. The van der Waals surface area contributed by atoms with E-state index in [2.05, 4.69) is 4.98 Å². The highest BCUT2D eigenvalue weighted by Crippen LogP contribution is 2.42. The first kappa shape index (κ1) is 22.8. The van der Waals surface area contributed by atoms with Crippen molar-refractivity contribution in [2.24, 2.45) is 0 Å². The molecule has 1 unspecified atom stereocenters. The first-order valence-corrected chi connectivity index (χ1v) is 10.7. The van der Waals surface area contributed by atoms with Gasteiger partial charge >= 0.3 is 0 Å². The average molecular weight is 460 g/mol. The molecule has 0 aliphatic carbocycles. The van der Waals surface area contributed by atoms with Crippen molar-refractivity contribution in [1.29, 1.82) is 0 Å². The highest BCUT2D eigenvalue weighted by Gasteiger charge is 2.46. The number of aromatic nitrogens is 1. The lowest BCUT2D eigenvalue weighted by molar-refractivity contribution is -0.140. The van der Waals surface area contributed by atoms with Gasteiger partial charge in [-0.2, -0.15) is 0 Å². The third-order valence-electron chi connectivity index (χ3n) is 5.57. The van der Waals surface area contributed by atoms with Crippen molar-refractivity contribution in [1.82, 2.24) is 9.88 Å². The largest absolute Gasteiger partial charge is 0.507 e. The highest BCUT2D eigenvalue weighted by atomic mass is 16.5. The Kier molecular flexibility index (Phi) is 6.49. The van der Waals surface area contributed by atoms with Gasteiger partial charge in [0.1, 0.15) is 11.5 Å². The number of aliphatic hydroxyl groups is 1. The Bertz CT molecular complexity index is 1240. The van der Waals surface area contributed by atoms with Crippen molar-refractivity contribution in [2.45, 2.75) is 19.5 Å². The number of ether oxygens (including phenoxy) is 2. The number of hydrogen-bond acceptors (Lipinski definition) is 7. The van der Waals surface area contributed by atoms with Gasteiger partial charge in [-0.15, -0.1) is 0 Å². The first-order valence-electron chi connectivity index (χ1n) is 10.7. The van der Waals surface area contributed by atoms with Crippen LogP contribution in [0.5, 0.6) is 17.2 Å². The Labute approximate surface area is 196 Å². The molecule has 2 N–H and O–H groups in total. The topological polar surface area (TPSA) is 109 Å². The Morgan fingerprint density at radius 3 is 2.53 bits per heavy atom. The van der Waals surface area contributed by atoms with Crippen molar-refractivity contribution < 1.29 is 29.3 Å². The van der Waals surface area contributed by atoms with Crippen molar-refractivity contribution in [3.8, 4) is 17.2 Å². The van der Waals surface area contributed by atoms with Crippen LogP contribution < -0.4 is 9.47 Å². The number of benzene rings is 2. The van der Waals surface area contributed by atoms with Crippen LogP contribution in [0.2, 0.25) is 0 Å². The number of hydrogen-bond donors (Lipinski definition) is 2. The van der Waals surface area contributed by atoms with Crippen LogP contribution in [-0.4, -0.2) is 45.5 Å². The number of rotatable bonds is 7. The van der Waals surface area contributed by atoms with Crippen LogP contribution in [0, 0.1) is 0 Å². The summed E-state index contributed by atoms with van der Waals surface area (Å²) in [5.41, 5.74) is 1.55. The molecule has 1 amide bonds. The zero-order valence-electron chi connectivity index (χ0n) is 18.8. The van der Waals surface area contributed by atoms with Gasteiger partial charge in [0, 0.05) is 24.5 Å². The number of phenols is 1. The highest BCUT2D eigenvalue weighted by molar-refractivity contribution is 6.46. The number of pyridine rings is 1. The molecule has 174 valence electrons. The molecule has 1 fully saturated rings. The van der Waals surface area contributed by atoms with Gasteiger partial charge in [0.15, 0.2) is 11.5 Å². The smallest absolute Gasteiger partial charge is 0.295 e. The molecule has 0 saturated carbocycles. The first-order chi connectivity index (χ1) is 16.4. The number of phenolic OH excluding ortho intramolecular Hbond substituents is 1. The minimum atomic E-state index is -0.902. The normalized spacial score (nSPS) is 17.1. The van der Waals surface area contributed by atoms with Crippen LogP contribution in [0.1, 0.15) is 29.7 Å². The van der Waals surface area contributed by atoms with Gasteiger partial charge in [-0.25, -0.2) is 0 Å². The predicted octanol–water partition coefficient (Wildman–Crippen LogP) is 3.82. The lowest BCUT2D eigenvalue weighted by Crippen LogP contribution is -2.29. The molecule has 1 saturated heterocycles. The maximum Gasteiger partial charge on any atom is 0.295 e. The molecule has 2 heterocycles. The van der Waals surface area contributed by atoms with Crippen LogP contribution in [0.25, 0.3) is 5.76 Å². The third kappa shape index (κ3) is 4.30. The van der Waals surface area contributed by atoms with Crippen molar-refractivity contribution >= 4 is 17.4 Å². The molecule has 2 aromatic carbocycles. The average Bonchev–Trinajstić information content (AvgIpc) is 3.10. The monoisotopic (exact) mass is 460 g/mol. The van der Waals surface area contributed by atoms with Crippen LogP contribution in [0.4, 0.5) is 0 Å². The number of methoxy groups -OCH3 is 1. The van der Waals surface area contributed by atoms with E-state index in [0.717, 1.165) is 5.56 Å². The molecule has 4 rings (SSSR count). The molecule has 1 atom stereocenters. The second-order valence-electron chi connectivity index (χ2n) is 7.68. The van der Waals surface area contributed by atoms with Crippen LogP contribution in [0.3, 0.4) is 0 Å². The summed E-state index contributed by atoms with van der Waals surface area (Å²) in [7, 11) is 1.41. The van der Waals surface area contributed by atoms with E-state index in [0.29, 0.717) is 23.5 Å². The fourth-order valence-electron chi connectivity index (χ4n) is 3.97. The fraction of sp³-hybridized carbons (Fsp3) is 0.192. The van der Waals surface area contributed by atoms with Crippen LogP contribution in [-0.2, 0) is 16.1 Å². The summed E-state index contributed by atoms with van der Waals surface area (Å²) in [6.07, 6.45) is 3.23. The molecule has 8 heteroatoms. The van der Waals surface area contributed by atoms with Crippen molar-refractivity contribution in [3.05, 3.63) is 89.3 Å². The van der Waals surface area contributed by atoms with Gasteiger partial charge in [-0.1, -0.05) is 12.1 Å². The summed E-state index contributed by atoms with van der Waals surface area (Å²) in [5.74, 6) is -1.11. The van der Waals surface area contributed by atoms with Gasteiger partial charge < -0.3 is 24.6 Å². The van der Waals surface area contributed by atoms with Gasteiger partial charge in [0.2, 0.25) is 0 Å². The maximum absolute atomic E-state index is 13.2. The summed E-state index contributed by atoms with van der Waals surface area (Å²) in [5, 5.41) is 21.2. The quantitative estimate of drug-likeness (QED) is 0.313. The molecular weight excluding hydrogens is 436 g/mol. The Hall–Kier alpha value is -4.33. The lowest BCUT2D eigenvalue weighted by Gasteiger charge is -2.25. The van der Waals surface area contributed by atoms with E-state index >= 15 is 0 Å². The maximum atomic E-state index is 13.2. The van der Waals surface area contributed by atoms with E-state index in [1.807, 2.05) is 6.92 Å². The van der Waals surface area contributed by atoms with E-state index in [1.165, 1.54) is 18.1 Å². The SMILES string of the molecule is CCOc1ccc(/C(O)=C2/C(=O)C(=O)N(Cc3cccnc3)C2c2ccc(O)c(OC)c2)cc1. The molecule has 1 aliphatic rings. The summed E-state index contributed by atoms with van der Waals surface area (Å²) in [4.78, 5) is 31.7. The van der Waals surface area contributed by atoms with E-state index in [4.69, 9.17) is 9.47 Å². The molecule has 0 spiro atoms. The Balaban J connectivity index is 1.85. The number of carbonyl (C=O) groups excluding carboxylic acids is 2.